The van der Waals surface area contributed by atoms with Gasteiger partial charge in [-0.2, -0.15) is 0 Å². The molecule has 0 spiro atoms. The molecule has 0 radical (unpaired) electrons. The maximum absolute atomic E-state index is 12.5. The summed E-state index contributed by atoms with van der Waals surface area (Å²) in [4.78, 5) is 26.4. The molecule has 0 aliphatic carbocycles. The second kappa shape index (κ2) is 10.0. The monoisotopic (exact) mass is 365 g/mol. The van der Waals surface area contributed by atoms with Crippen molar-refractivity contribution < 1.29 is 23.8 Å². The van der Waals surface area contributed by atoms with Gasteiger partial charge in [-0.3, -0.25) is 9.59 Å². The highest BCUT2D eigenvalue weighted by Gasteiger charge is 2.27. The van der Waals surface area contributed by atoms with E-state index in [1.54, 1.807) is 32.1 Å². The van der Waals surface area contributed by atoms with Gasteiger partial charge >= 0.3 is 5.97 Å². The fourth-order valence-electron chi connectivity index (χ4n) is 3.01. The molecule has 6 nitrogen and oxygen atoms in total. The van der Waals surface area contributed by atoms with Crippen molar-refractivity contribution in [3.63, 3.8) is 0 Å². The Hall–Kier alpha value is -2.24. The summed E-state index contributed by atoms with van der Waals surface area (Å²) < 4.78 is 16.0. The van der Waals surface area contributed by atoms with E-state index < -0.39 is 12.1 Å². The SMILES string of the molecule is COc1cccc(CCC(=O)OC(C)C(=O)N(C(C)C)C(C)C)c1OC. The Labute approximate surface area is 156 Å². The number of aryl methyl sites for hydroxylation is 1. The molecule has 0 saturated heterocycles. The van der Waals surface area contributed by atoms with Crippen LogP contribution in [0.5, 0.6) is 11.5 Å². The topological polar surface area (TPSA) is 65.1 Å². The molecule has 1 aromatic carbocycles. The molecule has 1 unspecified atom stereocenters. The van der Waals surface area contributed by atoms with Crippen LogP contribution >= 0.6 is 0 Å². The lowest BCUT2D eigenvalue weighted by molar-refractivity contribution is -0.161. The number of methoxy groups -OCH3 is 2. The summed E-state index contributed by atoms with van der Waals surface area (Å²) in [7, 11) is 3.13. The molecule has 0 saturated carbocycles. The van der Waals surface area contributed by atoms with E-state index in [1.165, 1.54) is 0 Å². The minimum absolute atomic E-state index is 0.0460. The van der Waals surface area contributed by atoms with Crippen molar-refractivity contribution in [1.29, 1.82) is 0 Å². The van der Waals surface area contributed by atoms with Gasteiger partial charge in [0.2, 0.25) is 0 Å². The molecule has 1 amide bonds. The minimum Gasteiger partial charge on any atom is -0.493 e. The number of para-hydroxylation sites is 1. The van der Waals surface area contributed by atoms with Crippen molar-refractivity contribution in [3.8, 4) is 11.5 Å². The second-order valence-electron chi connectivity index (χ2n) is 6.72. The van der Waals surface area contributed by atoms with Gasteiger partial charge in [0.25, 0.3) is 5.91 Å². The van der Waals surface area contributed by atoms with Crippen LogP contribution in [0.2, 0.25) is 0 Å². The first-order valence-electron chi connectivity index (χ1n) is 8.94. The van der Waals surface area contributed by atoms with Crippen molar-refractivity contribution in [2.45, 2.75) is 65.6 Å². The van der Waals surface area contributed by atoms with Crippen molar-refractivity contribution in [2.24, 2.45) is 0 Å². The Balaban J connectivity index is 2.69. The molecular formula is C20H31NO5. The van der Waals surface area contributed by atoms with Gasteiger partial charge < -0.3 is 19.1 Å². The van der Waals surface area contributed by atoms with E-state index in [0.717, 1.165) is 5.56 Å². The number of ether oxygens (including phenoxy) is 3. The quantitative estimate of drug-likeness (QED) is 0.629. The average molecular weight is 365 g/mol. The maximum Gasteiger partial charge on any atom is 0.306 e. The molecule has 0 aromatic heterocycles. The van der Waals surface area contributed by atoms with Crippen LogP contribution in [-0.4, -0.2) is 49.2 Å². The Morgan fingerprint density at radius 1 is 1.00 bits per heavy atom. The van der Waals surface area contributed by atoms with Crippen molar-refractivity contribution in [1.82, 2.24) is 4.90 Å². The molecule has 0 fully saturated rings. The Morgan fingerprint density at radius 3 is 2.12 bits per heavy atom. The van der Waals surface area contributed by atoms with Crippen LogP contribution in [0.15, 0.2) is 18.2 Å². The Morgan fingerprint density at radius 2 is 1.62 bits per heavy atom. The van der Waals surface area contributed by atoms with E-state index in [9.17, 15) is 9.59 Å². The molecular weight excluding hydrogens is 334 g/mol. The minimum atomic E-state index is -0.806. The fraction of sp³-hybridized carbons (Fsp3) is 0.600. The lowest BCUT2D eigenvalue weighted by Crippen LogP contribution is -2.47. The lowest BCUT2D eigenvalue weighted by Gasteiger charge is -2.32. The highest BCUT2D eigenvalue weighted by molar-refractivity contribution is 5.84. The summed E-state index contributed by atoms with van der Waals surface area (Å²) in [5.74, 6) is 0.634. The zero-order valence-electron chi connectivity index (χ0n) is 16.9. The zero-order valence-corrected chi connectivity index (χ0v) is 16.9. The zero-order chi connectivity index (χ0) is 19.9. The summed E-state index contributed by atoms with van der Waals surface area (Å²) in [6.45, 7) is 9.40. The van der Waals surface area contributed by atoms with Gasteiger partial charge in [-0.1, -0.05) is 12.1 Å². The molecule has 0 heterocycles. The van der Waals surface area contributed by atoms with Crippen LogP contribution in [0, 0.1) is 0 Å². The number of carbonyl (C=O) groups is 2. The lowest BCUT2D eigenvalue weighted by atomic mass is 10.1. The average Bonchev–Trinajstić information content (AvgIpc) is 2.58. The van der Waals surface area contributed by atoms with E-state index in [-0.39, 0.29) is 24.4 Å². The molecule has 1 rings (SSSR count). The van der Waals surface area contributed by atoms with E-state index in [4.69, 9.17) is 14.2 Å². The standard InChI is InChI=1S/C20H31NO5/c1-13(2)21(14(3)4)20(23)15(5)26-18(22)12-11-16-9-8-10-17(24-6)19(16)25-7/h8-10,13-15H,11-12H2,1-7H3. The van der Waals surface area contributed by atoms with E-state index in [0.29, 0.717) is 17.9 Å². The Kier molecular flexibility index (Phi) is 8.42. The third kappa shape index (κ3) is 5.64. The summed E-state index contributed by atoms with van der Waals surface area (Å²) >= 11 is 0. The van der Waals surface area contributed by atoms with Gasteiger partial charge in [-0.05, 0) is 52.7 Å². The van der Waals surface area contributed by atoms with Crippen LogP contribution < -0.4 is 9.47 Å². The van der Waals surface area contributed by atoms with E-state index in [1.807, 2.05) is 39.8 Å². The third-order valence-electron chi connectivity index (χ3n) is 4.11. The summed E-state index contributed by atoms with van der Waals surface area (Å²) in [5, 5.41) is 0. The first-order chi connectivity index (χ1) is 12.2. The summed E-state index contributed by atoms with van der Waals surface area (Å²) in [5.41, 5.74) is 0.855. The number of hydrogen-bond acceptors (Lipinski definition) is 5. The molecule has 0 aliphatic rings. The summed E-state index contributed by atoms with van der Waals surface area (Å²) in [6, 6.07) is 5.61. The van der Waals surface area contributed by atoms with Gasteiger partial charge in [-0.15, -0.1) is 0 Å². The number of benzene rings is 1. The van der Waals surface area contributed by atoms with Gasteiger partial charge in [0.05, 0.1) is 14.2 Å². The smallest absolute Gasteiger partial charge is 0.306 e. The third-order valence-corrected chi connectivity index (χ3v) is 4.11. The molecule has 0 N–H and O–H groups in total. The number of amides is 1. The highest BCUT2D eigenvalue weighted by Crippen LogP contribution is 2.31. The predicted octanol–water partition coefficient (Wildman–Crippen LogP) is 3.21. The molecule has 6 heteroatoms. The van der Waals surface area contributed by atoms with E-state index in [2.05, 4.69) is 0 Å². The number of esters is 1. The van der Waals surface area contributed by atoms with Gasteiger partial charge in [0, 0.05) is 18.5 Å². The molecule has 146 valence electrons. The number of nitrogens with zero attached hydrogens (tertiary/aromatic N) is 1. The summed E-state index contributed by atoms with van der Waals surface area (Å²) in [6.07, 6.45) is -0.206. The second-order valence-corrected chi connectivity index (χ2v) is 6.72. The van der Waals surface area contributed by atoms with Crippen LogP contribution in [0.3, 0.4) is 0 Å². The van der Waals surface area contributed by atoms with Crippen molar-refractivity contribution in [2.75, 3.05) is 14.2 Å². The molecule has 0 bridgehead atoms. The van der Waals surface area contributed by atoms with Gasteiger partial charge in [0.1, 0.15) is 0 Å². The number of hydrogen-bond donors (Lipinski definition) is 0. The molecule has 1 aromatic rings. The molecule has 26 heavy (non-hydrogen) atoms. The van der Waals surface area contributed by atoms with E-state index >= 15 is 0 Å². The molecule has 0 aliphatic heterocycles. The predicted molar refractivity (Wildman–Crippen MR) is 101 cm³/mol. The number of carbonyl (C=O) groups excluding carboxylic acids is 2. The molecule has 1 atom stereocenters. The first kappa shape index (κ1) is 21.8. The first-order valence-corrected chi connectivity index (χ1v) is 8.94. The van der Waals surface area contributed by atoms with Gasteiger partial charge in [-0.25, -0.2) is 0 Å². The Bertz CT molecular complexity index is 604. The van der Waals surface area contributed by atoms with Crippen LogP contribution in [0.1, 0.15) is 46.6 Å². The maximum atomic E-state index is 12.5. The number of rotatable bonds is 9. The largest absolute Gasteiger partial charge is 0.493 e. The van der Waals surface area contributed by atoms with Gasteiger partial charge in [0.15, 0.2) is 17.6 Å². The van der Waals surface area contributed by atoms with Crippen molar-refractivity contribution in [3.05, 3.63) is 23.8 Å². The normalized spacial score (nSPS) is 12.0. The van der Waals surface area contributed by atoms with Crippen LogP contribution in [0.25, 0.3) is 0 Å². The van der Waals surface area contributed by atoms with Crippen LogP contribution in [-0.2, 0) is 20.7 Å². The van der Waals surface area contributed by atoms with Crippen LogP contribution in [0.4, 0.5) is 0 Å². The fourth-order valence-corrected chi connectivity index (χ4v) is 3.01. The van der Waals surface area contributed by atoms with Crippen molar-refractivity contribution >= 4 is 11.9 Å². The highest BCUT2D eigenvalue weighted by atomic mass is 16.5.